The minimum atomic E-state index is -4.25. The first kappa shape index (κ1) is 12.1. The molecule has 1 fully saturated rings. The second-order valence-corrected chi connectivity index (χ2v) is 4.44. The Morgan fingerprint density at radius 1 is 1.41 bits per heavy atom. The van der Waals surface area contributed by atoms with Gasteiger partial charge < -0.3 is 11.1 Å². The lowest BCUT2D eigenvalue weighted by molar-refractivity contribution is -0.151. The first-order valence-electron chi connectivity index (χ1n) is 4.95. The van der Waals surface area contributed by atoms with Crippen LogP contribution in [0.2, 0.25) is 0 Å². The molecule has 0 aromatic carbocycles. The zero-order chi connectivity index (χ0) is 12.7. The molecular formula is C10H10F3N3S. The van der Waals surface area contributed by atoms with Crippen molar-refractivity contribution in [2.24, 2.45) is 5.73 Å². The van der Waals surface area contributed by atoms with Crippen molar-refractivity contribution >= 4 is 23.0 Å². The molecule has 1 aliphatic rings. The highest BCUT2D eigenvalue weighted by atomic mass is 32.1. The van der Waals surface area contributed by atoms with Crippen LogP contribution in [0.15, 0.2) is 18.3 Å². The maximum Gasteiger partial charge on any atom is 0.411 e. The molecule has 0 unspecified atom stereocenters. The van der Waals surface area contributed by atoms with Crippen LogP contribution in [0.25, 0.3) is 0 Å². The standard InChI is InChI=1S/C10H10F3N3S/c11-10(12,13)9(3-4-9)16-7-2-1-6(5-15-7)8(14)17/h1-2,5H,3-4H2,(H2,14,17)(H,15,16). The average molecular weight is 261 g/mol. The van der Waals surface area contributed by atoms with Gasteiger partial charge >= 0.3 is 6.18 Å². The molecule has 0 radical (unpaired) electrons. The van der Waals surface area contributed by atoms with Gasteiger partial charge in [0.1, 0.15) is 16.3 Å². The molecular weight excluding hydrogens is 251 g/mol. The number of nitrogens with one attached hydrogen (secondary N) is 1. The van der Waals surface area contributed by atoms with Crippen LogP contribution < -0.4 is 11.1 Å². The topological polar surface area (TPSA) is 50.9 Å². The van der Waals surface area contributed by atoms with Gasteiger partial charge in [-0.3, -0.25) is 0 Å². The fourth-order valence-electron chi connectivity index (χ4n) is 1.46. The number of rotatable bonds is 3. The van der Waals surface area contributed by atoms with Gasteiger partial charge in [-0.25, -0.2) is 4.98 Å². The summed E-state index contributed by atoms with van der Waals surface area (Å²) >= 11 is 4.72. The zero-order valence-electron chi connectivity index (χ0n) is 8.71. The minimum absolute atomic E-state index is 0.0786. The molecule has 1 aromatic rings. The third kappa shape index (κ3) is 2.33. The Morgan fingerprint density at radius 3 is 2.41 bits per heavy atom. The molecule has 3 N–H and O–H groups in total. The number of nitrogens with two attached hydrogens (primary N) is 1. The van der Waals surface area contributed by atoms with Gasteiger partial charge in [-0.05, 0) is 25.0 Å². The SMILES string of the molecule is NC(=S)c1ccc(NC2(C(F)(F)F)CC2)nc1. The van der Waals surface area contributed by atoms with E-state index in [0.29, 0.717) is 5.56 Å². The molecule has 1 aliphatic carbocycles. The average Bonchev–Trinajstić information content (AvgIpc) is 2.98. The lowest BCUT2D eigenvalue weighted by atomic mass is 10.2. The van der Waals surface area contributed by atoms with Crippen LogP contribution in [0.1, 0.15) is 18.4 Å². The van der Waals surface area contributed by atoms with Crippen molar-refractivity contribution in [3.8, 4) is 0 Å². The van der Waals surface area contributed by atoms with Crippen molar-refractivity contribution in [3.05, 3.63) is 23.9 Å². The van der Waals surface area contributed by atoms with E-state index in [4.69, 9.17) is 18.0 Å². The number of nitrogens with zero attached hydrogens (tertiary/aromatic N) is 1. The lowest BCUT2D eigenvalue weighted by Gasteiger charge is -2.21. The molecule has 7 heteroatoms. The van der Waals surface area contributed by atoms with E-state index in [0.717, 1.165) is 0 Å². The Kier molecular flexibility index (Phi) is 2.73. The molecule has 0 aliphatic heterocycles. The molecule has 1 aromatic heterocycles. The van der Waals surface area contributed by atoms with E-state index >= 15 is 0 Å². The molecule has 1 saturated carbocycles. The van der Waals surface area contributed by atoms with E-state index < -0.39 is 11.7 Å². The molecule has 0 atom stereocenters. The Balaban J connectivity index is 2.13. The van der Waals surface area contributed by atoms with E-state index in [-0.39, 0.29) is 23.6 Å². The van der Waals surface area contributed by atoms with Crippen molar-refractivity contribution in [1.82, 2.24) is 4.98 Å². The summed E-state index contributed by atoms with van der Waals surface area (Å²) in [5.41, 5.74) is 4.09. The summed E-state index contributed by atoms with van der Waals surface area (Å²) in [5.74, 6) is 0.180. The number of anilines is 1. The Morgan fingerprint density at radius 2 is 2.06 bits per heavy atom. The highest BCUT2D eigenvalue weighted by Crippen LogP contribution is 2.50. The fraction of sp³-hybridized carbons (Fsp3) is 0.400. The predicted octanol–water partition coefficient (Wildman–Crippen LogP) is 2.22. The highest BCUT2D eigenvalue weighted by Gasteiger charge is 2.63. The van der Waals surface area contributed by atoms with Crippen molar-refractivity contribution in [3.63, 3.8) is 0 Å². The monoisotopic (exact) mass is 261 g/mol. The van der Waals surface area contributed by atoms with E-state index in [1.807, 2.05) is 0 Å². The number of hydrogen-bond donors (Lipinski definition) is 2. The van der Waals surface area contributed by atoms with Crippen LogP contribution in [-0.4, -0.2) is 21.7 Å². The highest BCUT2D eigenvalue weighted by molar-refractivity contribution is 7.80. The predicted molar refractivity (Wildman–Crippen MR) is 61.8 cm³/mol. The summed E-state index contributed by atoms with van der Waals surface area (Å²) in [4.78, 5) is 4.03. The van der Waals surface area contributed by atoms with Crippen LogP contribution >= 0.6 is 12.2 Å². The third-order valence-corrected chi connectivity index (χ3v) is 2.94. The minimum Gasteiger partial charge on any atom is -0.389 e. The largest absolute Gasteiger partial charge is 0.411 e. The number of pyridine rings is 1. The van der Waals surface area contributed by atoms with Crippen molar-refractivity contribution in [2.45, 2.75) is 24.6 Å². The van der Waals surface area contributed by atoms with Gasteiger partial charge in [-0.2, -0.15) is 13.2 Å². The summed E-state index contributed by atoms with van der Waals surface area (Å²) in [6.07, 6.45) is -2.74. The number of aromatic nitrogens is 1. The Labute approximate surface area is 101 Å². The Hall–Kier alpha value is -1.37. The summed E-state index contributed by atoms with van der Waals surface area (Å²) in [5, 5.41) is 2.42. The fourth-order valence-corrected chi connectivity index (χ4v) is 1.58. The number of alkyl halides is 3. The molecule has 3 nitrogen and oxygen atoms in total. The second kappa shape index (κ2) is 3.83. The molecule has 0 saturated heterocycles. The summed E-state index contributed by atoms with van der Waals surface area (Å²) in [7, 11) is 0. The number of thiocarbonyl (C=S) groups is 1. The van der Waals surface area contributed by atoms with Gasteiger partial charge in [0.25, 0.3) is 0 Å². The molecule has 0 bridgehead atoms. The second-order valence-electron chi connectivity index (χ2n) is 4.00. The third-order valence-electron chi connectivity index (χ3n) is 2.71. The summed E-state index contributed by atoms with van der Waals surface area (Å²) in [6.45, 7) is 0. The van der Waals surface area contributed by atoms with Crippen molar-refractivity contribution < 1.29 is 13.2 Å². The van der Waals surface area contributed by atoms with E-state index in [1.54, 1.807) is 6.07 Å². The van der Waals surface area contributed by atoms with E-state index in [1.165, 1.54) is 12.3 Å². The number of hydrogen-bond acceptors (Lipinski definition) is 3. The smallest absolute Gasteiger partial charge is 0.389 e. The van der Waals surface area contributed by atoms with Gasteiger partial charge in [-0.1, -0.05) is 12.2 Å². The van der Waals surface area contributed by atoms with Crippen LogP contribution in [0.4, 0.5) is 19.0 Å². The number of halogens is 3. The first-order valence-corrected chi connectivity index (χ1v) is 5.36. The first-order chi connectivity index (χ1) is 7.84. The summed E-state index contributed by atoms with van der Waals surface area (Å²) in [6, 6.07) is 2.99. The van der Waals surface area contributed by atoms with Crippen molar-refractivity contribution in [2.75, 3.05) is 5.32 Å². The molecule has 0 amide bonds. The van der Waals surface area contributed by atoms with Gasteiger partial charge in [0, 0.05) is 11.8 Å². The Bertz CT molecular complexity index is 437. The lowest BCUT2D eigenvalue weighted by Crippen LogP contribution is -2.38. The quantitative estimate of drug-likeness (QED) is 0.819. The zero-order valence-corrected chi connectivity index (χ0v) is 9.53. The van der Waals surface area contributed by atoms with Crippen molar-refractivity contribution in [1.29, 1.82) is 0 Å². The maximum atomic E-state index is 12.7. The van der Waals surface area contributed by atoms with Gasteiger partial charge in [-0.15, -0.1) is 0 Å². The van der Waals surface area contributed by atoms with E-state index in [2.05, 4.69) is 10.3 Å². The van der Waals surface area contributed by atoms with Crippen LogP contribution in [0.3, 0.4) is 0 Å². The van der Waals surface area contributed by atoms with Gasteiger partial charge in [0.2, 0.25) is 0 Å². The molecule has 92 valence electrons. The molecule has 17 heavy (non-hydrogen) atoms. The molecule has 1 heterocycles. The van der Waals surface area contributed by atoms with Crippen LogP contribution in [0.5, 0.6) is 0 Å². The maximum absolute atomic E-state index is 12.7. The molecule has 0 spiro atoms. The van der Waals surface area contributed by atoms with Crippen LogP contribution in [0, 0.1) is 0 Å². The van der Waals surface area contributed by atoms with Gasteiger partial charge in [0.15, 0.2) is 0 Å². The van der Waals surface area contributed by atoms with Gasteiger partial charge in [0.05, 0.1) is 0 Å². The van der Waals surface area contributed by atoms with Crippen LogP contribution in [-0.2, 0) is 0 Å². The molecule has 2 rings (SSSR count). The van der Waals surface area contributed by atoms with E-state index in [9.17, 15) is 13.2 Å². The normalized spacial score (nSPS) is 17.6. The summed E-state index contributed by atoms with van der Waals surface area (Å²) < 4.78 is 38.0.